The Morgan fingerprint density at radius 1 is 1.47 bits per heavy atom. The first-order chi connectivity index (χ1) is 8.10. The number of aromatic hydroxyl groups is 1. The van der Waals surface area contributed by atoms with Gasteiger partial charge in [0.2, 0.25) is 0 Å². The summed E-state index contributed by atoms with van der Waals surface area (Å²) in [7, 11) is 1.61. The minimum Gasteiger partial charge on any atom is -0.508 e. The zero-order chi connectivity index (χ0) is 12.8. The summed E-state index contributed by atoms with van der Waals surface area (Å²) in [5, 5.41) is 9.42. The monoisotopic (exact) mass is 237 g/mol. The molecule has 4 heteroatoms. The molecule has 0 aliphatic rings. The van der Waals surface area contributed by atoms with Crippen LogP contribution in [-0.2, 0) is 4.74 Å². The van der Waals surface area contributed by atoms with Crippen LogP contribution in [0.4, 0.5) is 0 Å². The summed E-state index contributed by atoms with van der Waals surface area (Å²) in [5.41, 5.74) is 1.30. The smallest absolute Gasteiger partial charge is 0.253 e. The zero-order valence-corrected chi connectivity index (χ0v) is 10.6. The fourth-order valence-electron chi connectivity index (χ4n) is 1.58. The summed E-state index contributed by atoms with van der Waals surface area (Å²) in [6, 6.07) is 4.89. The molecule has 0 aliphatic carbocycles. The molecule has 1 rings (SSSR count). The van der Waals surface area contributed by atoms with Crippen molar-refractivity contribution in [3.63, 3.8) is 0 Å². The van der Waals surface area contributed by atoms with Crippen molar-refractivity contribution in [3.05, 3.63) is 29.3 Å². The number of aryl methyl sites for hydroxylation is 1. The van der Waals surface area contributed by atoms with Gasteiger partial charge in [-0.15, -0.1) is 0 Å². The van der Waals surface area contributed by atoms with E-state index in [2.05, 4.69) is 0 Å². The number of amides is 1. The van der Waals surface area contributed by atoms with E-state index in [1.807, 2.05) is 6.92 Å². The maximum absolute atomic E-state index is 12.1. The largest absolute Gasteiger partial charge is 0.508 e. The predicted octanol–water partition coefficient (Wildman–Crippen LogP) is 1.81. The molecule has 0 aliphatic heterocycles. The fraction of sp³-hybridized carbons (Fsp3) is 0.462. The molecule has 0 radical (unpaired) electrons. The van der Waals surface area contributed by atoms with Crippen molar-refractivity contribution in [2.24, 2.45) is 0 Å². The van der Waals surface area contributed by atoms with Crippen LogP contribution in [0.15, 0.2) is 18.2 Å². The van der Waals surface area contributed by atoms with Crippen LogP contribution in [0, 0.1) is 6.92 Å². The Morgan fingerprint density at radius 3 is 2.71 bits per heavy atom. The van der Waals surface area contributed by atoms with Gasteiger partial charge < -0.3 is 14.7 Å². The number of rotatable bonds is 5. The molecule has 0 bridgehead atoms. The van der Waals surface area contributed by atoms with Gasteiger partial charge in [-0.2, -0.15) is 0 Å². The molecule has 4 nitrogen and oxygen atoms in total. The number of likely N-dealkylation sites (N-methyl/N-ethyl adjacent to an activating group) is 1. The molecule has 1 aromatic rings. The lowest BCUT2D eigenvalue weighted by atomic mass is 10.1. The summed E-state index contributed by atoms with van der Waals surface area (Å²) < 4.78 is 4.97. The number of hydrogen-bond acceptors (Lipinski definition) is 3. The van der Waals surface area contributed by atoms with Crippen molar-refractivity contribution < 1.29 is 14.6 Å². The average Bonchev–Trinajstić information content (AvgIpc) is 2.33. The summed E-state index contributed by atoms with van der Waals surface area (Å²) in [4.78, 5) is 13.9. The van der Waals surface area contributed by atoms with Crippen LogP contribution in [-0.4, -0.2) is 42.7 Å². The molecule has 1 N–H and O–H groups in total. The van der Waals surface area contributed by atoms with E-state index in [0.717, 1.165) is 0 Å². The number of methoxy groups -OCH3 is 1. The molecule has 0 fully saturated rings. The number of ether oxygens (including phenoxy) is 1. The van der Waals surface area contributed by atoms with Crippen molar-refractivity contribution in [2.45, 2.75) is 13.8 Å². The summed E-state index contributed by atoms with van der Waals surface area (Å²) in [6.45, 7) is 5.45. The van der Waals surface area contributed by atoms with E-state index >= 15 is 0 Å². The van der Waals surface area contributed by atoms with E-state index in [0.29, 0.717) is 30.8 Å². The molecule has 0 saturated carbocycles. The topological polar surface area (TPSA) is 49.8 Å². The van der Waals surface area contributed by atoms with Crippen LogP contribution in [0.1, 0.15) is 22.8 Å². The van der Waals surface area contributed by atoms with Crippen LogP contribution in [0.2, 0.25) is 0 Å². The molecule has 1 aromatic carbocycles. The number of phenolic OH excluding ortho intramolecular Hbond substituents is 1. The van der Waals surface area contributed by atoms with Gasteiger partial charge in [0.05, 0.1) is 6.61 Å². The van der Waals surface area contributed by atoms with E-state index in [9.17, 15) is 9.90 Å². The Hall–Kier alpha value is -1.55. The van der Waals surface area contributed by atoms with Gasteiger partial charge >= 0.3 is 0 Å². The number of carbonyl (C=O) groups is 1. The molecule has 0 unspecified atom stereocenters. The van der Waals surface area contributed by atoms with Gasteiger partial charge in [0.15, 0.2) is 0 Å². The van der Waals surface area contributed by atoms with Gasteiger partial charge in [-0.1, -0.05) is 0 Å². The first-order valence-corrected chi connectivity index (χ1v) is 5.68. The highest BCUT2D eigenvalue weighted by atomic mass is 16.5. The highest BCUT2D eigenvalue weighted by Crippen LogP contribution is 2.18. The molecule has 0 aromatic heterocycles. The molecular formula is C13H19NO3. The lowest BCUT2D eigenvalue weighted by Crippen LogP contribution is -2.33. The Bertz CT molecular complexity index is 390. The second-order valence-corrected chi connectivity index (χ2v) is 3.88. The third-order valence-corrected chi connectivity index (χ3v) is 2.68. The quantitative estimate of drug-likeness (QED) is 0.849. The first kappa shape index (κ1) is 13.5. The predicted molar refractivity (Wildman–Crippen MR) is 66.3 cm³/mol. The second kappa shape index (κ2) is 6.25. The fourth-order valence-corrected chi connectivity index (χ4v) is 1.58. The van der Waals surface area contributed by atoms with E-state index < -0.39 is 0 Å². The van der Waals surface area contributed by atoms with Crippen molar-refractivity contribution in [2.75, 3.05) is 26.8 Å². The van der Waals surface area contributed by atoms with Crippen molar-refractivity contribution >= 4 is 5.91 Å². The van der Waals surface area contributed by atoms with E-state index in [1.165, 1.54) is 0 Å². The number of carbonyl (C=O) groups excluding carboxylic acids is 1. The molecular weight excluding hydrogens is 218 g/mol. The van der Waals surface area contributed by atoms with E-state index in [4.69, 9.17) is 4.74 Å². The molecule has 0 heterocycles. The summed E-state index contributed by atoms with van der Waals surface area (Å²) in [5.74, 6) is 0.175. The van der Waals surface area contributed by atoms with Gasteiger partial charge in [-0.3, -0.25) is 4.79 Å². The highest BCUT2D eigenvalue weighted by Gasteiger charge is 2.14. The number of phenols is 1. The maximum Gasteiger partial charge on any atom is 0.253 e. The molecule has 17 heavy (non-hydrogen) atoms. The molecule has 0 spiro atoms. The highest BCUT2D eigenvalue weighted by molar-refractivity contribution is 5.94. The van der Waals surface area contributed by atoms with E-state index in [-0.39, 0.29) is 11.7 Å². The Morgan fingerprint density at radius 2 is 2.18 bits per heavy atom. The molecule has 0 atom stereocenters. The van der Waals surface area contributed by atoms with Crippen LogP contribution in [0.25, 0.3) is 0 Å². The Balaban J connectivity index is 2.82. The van der Waals surface area contributed by atoms with Gasteiger partial charge in [-0.25, -0.2) is 0 Å². The lowest BCUT2D eigenvalue weighted by molar-refractivity contribution is 0.0706. The Labute approximate surface area is 102 Å². The number of hydrogen-bond donors (Lipinski definition) is 1. The van der Waals surface area contributed by atoms with Crippen LogP contribution >= 0.6 is 0 Å². The maximum atomic E-state index is 12.1. The zero-order valence-electron chi connectivity index (χ0n) is 10.6. The van der Waals surface area contributed by atoms with Crippen LogP contribution in [0.5, 0.6) is 5.75 Å². The van der Waals surface area contributed by atoms with Crippen molar-refractivity contribution in [1.82, 2.24) is 4.90 Å². The summed E-state index contributed by atoms with van der Waals surface area (Å²) >= 11 is 0. The van der Waals surface area contributed by atoms with Crippen LogP contribution < -0.4 is 0 Å². The molecule has 1 amide bonds. The molecule has 94 valence electrons. The number of nitrogens with zero attached hydrogens (tertiary/aromatic N) is 1. The van der Waals surface area contributed by atoms with Gasteiger partial charge in [-0.05, 0) is 37.6 Å². The normalized spacial score (nSPS) is 10.3. The van der Waals surface area contributed by atoms with Crippen molar-refractivity contribution in [1.29, 1.82) is 0 Å². The minimum absolute atomic E-state index is 0.0346. The number of benzene rings is 1. The van der Waals surface area contributed by atoms with Gasteiger partial charge in [0, 0.05) is 25.8 Å². The Kier molecular flexibility index (Phi) is 4.97. The van der Waals surface area contributed by atoms with Crippen molar-refractivity contribution in [3.8, 4) is 5.75 Å². The van der Waals surface area contributed by atoms with E-state index in [1.54, 1.807) is 37.1 Å². The van der Waals surface area contributed by atoms with Gasteiger partial charge in [0.1, 0.15) is 5.75 Å². The second-order valence-electron chi connectivity index (χ2n) is 3.88. The molecule has 0 saturated heterocycles. The SMILES string of the molecule is CCN(CCOC)C(=O)c1ccc(O)c(C)c1. The first-order valence-electron chi connectivity index (χ1n) is 5.68. The average molecular weight is 237 g/mol. The third kappa shape index (κ3) is 3.46. The standard InChI is InChI=1S/C13H19NO3/c1-4-14(7-8-17-3)13(16)11-5-6-12(15)10(2)9-11/h5-6,9,15H,4,7-8H2,1-3H3. The minimum atomic E-state index is -0.0346. The van der Waals surface area contributed by atoms with Gasteiger partial charge in [0.25, 0.3) is 5.91 Å². The summed E-state index contributed by atoms with van der Waals surface area (Å²) in [6.07, 6.45) is 0. The van der Waals surface area contributed by atoms with Crippen LogP contribution in [0.3, 0.4) is 0 Å². The third-order valence-electron chi connectivity index (χ3n) is 2.68. The lowest BCUT2D eigenvalue weighted by Gasteiger charge is -2.20.